The lowest BCUT2D eigenvalue weighted by Crippen LogP contribution is -2.59. The summed E-state index contributed by atoms with van der Waals surface area (Å²) in [4.78, 5) is 0. The third kappa shape index (κ3) is 11.7. The van der Waals surface area contributed by atoms with Crippen molar-refractivity contribution in [2.75, 3.05) is 13.2 Å². The first kappa shape index (κ1) is 29.8. The van der Waals surface area contributed by atoms with Crippen LogP contribution in [0.5, 0.6) is 0 Å². The zero-order chi connectivity index (χ0) is 23.8. The summed E-state index contributed by atoms with van der Waals surface area (Å²) in [5.41, 5.74) is 0. The largest absolute Gasteiger partial charge is 0.394 e. The summed E-state index contributed by atoms with van der Waals surface area (Å²) in [7, 11) is 0. The Bertz CT molecular complexity index is 435. The monoisotopic (exact) mass is 462 g/mol. The number of aliphatic hydroxyl groups is 5. The number of rotatable bonds is 19. The Hall–Kier alpha value is -0.280. The summed E-state index contributed by atoms with van der Waals surface area (Å²) in [5, 5.41) is 49.2. The number of unbranched alkanes of at least 4 members (excludes halogenated alkanes) is 12. The lowest BCUT2D eigenvalue weighted by Gasteiger charge is -2.40. The Labute approximate surface area is 195 Å². The van der Waals surface area contributed by atoms with Gasteiger partial charge in [0.25, 0.3) is 0 Å². The molecule has 7 atom stereocenters. The van der Waals surface area contributed by atoms with E-state index in [2.05, 4.69) is 6.92 Å². The summed E-state index contributed by atoms with van der Waals surface area (Å²) >= 11 is 0. The van der Waals surface area contributed by atoms with E-state index in [1.807, 2.05) is 6.92 Å². The SMILES string of the molecule is CCCCCCCCCCCCCCC[C@@H](O)[C@@H](C)CO[C@H]1O[C@H](CO)[C@@H](O)[C@H](O)[C@H]1O. The molecule has 0 aromatic rings. The van der Waals surface area contributed by atoms with Crippen molar-refractivity contribution >= 4 is 0 Å². The van der Waals surface area contributed by atoms with Crippen LogP contribution in [0, 0.1) is 5.92 Å². The molecule has 1 aliphatic rings. The van der Waals surface area contributed by atoms with Crippen LogP contribution >= 0.6 is 0 Å². The fourth-order valence-corrected chi connectivity index (χ4v) is 4.22. The fourth-order valence-electron chi connectivity index (χ4n) is 4.22. The Kier molecular flexibility index (Phi) is 16.8. The van der Waals surface area contributed by atoms with E-state index < -0.39 is 43.4 Å². The van der Waals surface area contributed by atoms with Gasteiger partial charge in [-0.2, -0.15) is 0 Å². The van der Waals surface area contributed by atoms with Crippen molar-refractivity contribution in [3.63, 3.8) is 0 Å². The van der Waals surface area contributed by atoms with Crippen LogP contribution < -0.4 is 0 Å². The fraction of sp³-hybridized carbons (Fsp3) is 1.00. The third-order valence-electron chi connectivity index (χ3n) is 6.63. The maximum Gasteiger partial charge on any atom is 0.186 e. The smallest absolute Gasteiger partial charge is 0.186 e. The quantitative estimate of drug-likeness (QED) is 0.187. The van der Waals surface area contributed by atoms with Gasteiger partial charge in [-0.1, -0.05) is 97.3 Å². The Balaban J connectivity index is 2.03. The minimum absolute atomic E-state index is 0.153. The van der Waals surface area contributed by atoms with E-state index in [1.54, 1.807) is 0 Å². The molecule has 1 rings (SSSR count). The number of aliphatic hydroxyl groups excluding tert-OH is 5. The Morgan fingerprint density at radius 3 is 1.75 bits per heavy atom. The van der Waals surface area contributed by atoms with Gasteiger partial charge in [0.15, 0.2) is 6.29 Å². The molecule has 0 spiro atoms. The third-order valence-corrected chi connectivity index (χ3v) is 6.63. The minimum atomic E-state index is -1.45. The molecule has 1 saturated heterocycles. The average Bonchev–Trinajstić information content (AvgIpc) is 2.79. The number of hydrogen-bond acceptors (Lipinski definition) is 7. The summed E-state index contributed by atoms with van der Waals surface area (Å²) < 4.78 is 10.9. The van der Waals surface area contributed by atoms with Crippen LogP contribution in [0.15, 0.2) is 0 Å². The highest BCUT2D eigenvalue weighted by Gasteiger charge is 2.44. The number of ether oxygens (including phenoxy) is 2. The predicted octanol–water partition coefficient (Wildman–Crippen LogP) is 3.28. The van der Waals surface area contributed by atoms with Gasteiger partial charge in [-0.3, -0.25) is 0 Å². The van der Waals surface area contributed by atoms with Crippen molar-refractivity contribution in [1.29, 1.82) is 0 Å². The van der Waals surface area contributed by atoms with E-state index in [0.29, 0.717) is 6.42 Å². The first-order valence-electron chi connectivity index (χ1n) is 13.0. The molecule has 0 aliphatic carbocycles. The van der Waals surface area contributed by atoms with Crippen molar-refractivity contribution < 1.29 is 35.0 Å². The molecular formula is C25H50O7. The second kappa shape index (κ2) is 18.1. The first-order valence-corrected chi connectivity index (χ1v) is 13.0. The van der Waals surface area contributed by atoms with E-state index in [0.717, 1.165) is 12.8 Å². The van der Waals surface area contributed by atoms with Gasteiger partial charge < -0.3 is 35.0 Å². The van der Waals surface area contributed by atoms with Crippen LogP contribution in [0.25, 0.3) is 0 Å². The molecule has 0 unspecified atom stereocenters. The topological polar surface area (TPSA) is 120 Å². The van der Waals surface area contributed by atoms with Crippen LogP contribution in [-0.4, -0.2) is 75.6 Å². The van der Waals surface area contributed by atoms with Crippen molar-refractivity contribution in [2.45, 2.75) is 141 Å². The van der Waals surface area contributed by atoms with Crippen LogP contribution in [0.4, 0.5) is 0 Å². The summed E-state index contributed by atoms with van der Waals surface area (Å²) in [5.74, 6) is -0.153. The molecule has 1 heterocycles. The van der Waals surface area contributed by atoms with Gasteiger partial charge in [0, 0.05) is 5.92 Å². The van der Waals surface area contributed by atoms with E-state index in [-0.39, 0.29) is 12.5 Å². The molecule has 0 bridgehead atoms. The minimum Gasteiger partial charge on any atom is -0.394 e. The molecule has 0 radical (unpaired) electrons. The Morgan fingerprint density at radius 1 is 0.750 bits per heavy atom. The van der Waals surface area contributed by atoms with E-state index in [4.69, 9.17) is 9.47 Å². The van der Waals surface area contributed by atoms with Gasteiger partial charge in [-0.15, -0.1) is 0 Å². The standard InChI is InChI=1S/C25H50O7/c1-3-4-5-6-7-8-9-10-11-12-13-14-15-16-20(27)19(2)18-31-25-24(30)23(29)22(28)21(17-26)32-25/h19-30H,3-18H2,1-2H3/t19-,20+,21+,22+,23-,24+,25-/m0/s1. The van der Waals surface area contributed by atoms with Gasteiger partial charge in [0.2, 0.25) is 0 Å². The highest BCUT2D eigenvalue weighted by atomic mass is 16.7. The predicted molar refractivity (Wildman–Crippen MR) is 125 cm³/mol. The van der Waals surface area contributed by atoms with E-state index in [9.17, 15) is 25.5 Å². The molecule has 32 heavy (non-hydrogen) atoms. The molecule has 0 aromatic heterocycles. The molecule has 5 N–H and O–H groups in total. The lowest BCUT2D eigenvalue weighted by atomic mass is 9.98. The second-order valence-electron chi connectivity index (χ2n) is 9.61. The highest BCUT2D eigenvalue weighted by molar-refractivity contribution is 4.89. The van der Waals surface area contributed by atoms with Crippen LogP contribution in [0.3, 0.4) is 0 Å². The van der Waals surface area contributed by atoms with Gasteiger partial charge >= 0.3 is 0 Å². The zero-order valence-corrected chi connectivity index (χ0v) is 20.4. The van der Waals surface area contributed by atoms with Crippen molar-refractivity contribution in [3.8, 4) is 0 Å². The summed E-state index contributed by atoms with van der Waals surface area (Å²) in [6.45, 7) is 3.80. The molecular weight excluding hydrogens is 412 g/mol. The summed E-state index contributed by atoms with van der Waals surface area (Å²) in [6.07, 6.45) is 10.6. The maximum atomic E-state index is 10.4. The summed E-state index contributed by atoms with van der Waals surface area (Å²) in [6, 6.07) is 0. The van der Waals surface area contributed by atoms with Gasteiger partial charge in [-0.25, -0.2) is 0 Å². The van der Waals surface area contributed by atoms with Crippen molar-refractivity contribution in [1.82, 2.24) is 0 Å². The van der Waals surface area contributed by atoms with E-state index in [1.165, 1.54) is 70.6 Å². The maximum absolute atomic E-state index is 10.4. The van der Waals surface area contributed by atoms with Gasteiger partial charge in [0.05, 0.1) is 19.3 Å². The van der Waals surface area contributed by atoms with Gasteiger partial charge in [0.1, 0.15) is 24.4 Å². The highest BCUT2D eigenvalue weighted by Crippen LogP contribution is 2.23. The molecule has 7 nitrogen and oxygen atoms in total. The number of hydrogen-bond donors (Lipinski definition) is 5. The zero-order valence-electron chi connectivity index (χ0n) is 20.4. The molecule has 192 valence electrons. The van der Waals surface area contributed by atoms with Crippen LogP contribution in [-0.2, 0) is 9.47 Å². The van der Waals surface area contributed by atoms with Crippen molar-refractivity contribution in [3.05, 3.63) is 0 Å². The molecule has 0 aromatic carbocycles. The average molecular weight is 463 g/mol. The van der Waals surface area contributed by atoms with Crippen molar-refractivity contribution in [2.24, 2.45) is 5.92 Å². The molecule has 0 amide bonds. The van der Waals surface area contributed by atoms with Gasteiger partial charge in [-0.05, 0) is 6.42 Å². The molecule has 0 saturated carbocycles. The normalized spacial score (nSPS) is 28.0. The molecule has 7 heteroatoms. The van der Waals surface area contributed by atoms with Crippen LogP contribution in [0.2, 0.25) is 0 Å². The van der Waals surface area contributed by atoms with E-state index >= 15 is 0 Å². The second-order valence-corrected chi connectivity index (χ2v) is 9.61. The Morgan fingerprint density at radius 2 is 1.25 bits per heavy atom. The lowest BCUT2D eigenvalue weighted by molar-refractivity contribution is -0.304. The first-order chi connectivity index (χ1) is 15.4. The molecule has 1 aliphatic heterocycles. The molecule has 1 fully saturated rings. The van der Waals surface area contributed by atoms with Crippen LogP contribution in [0.1, 0.15) is 104 Å².